The Balaban J connectivity index is 2.54. The van der Waals surface area contributed by atoms with Crippen LogP contribution in [0.15, 0.2) is 24.3 Å². The van der Waals surface area contributed by atoms with E-state index >= 15 is 0 Å². The Bertz CT molecular complexity index is 284. The first kappa shape index (κ1) is 9.95. The number of hydrogen-bond donors (Lipinski definition) is 2. The van der Waals surface area contributed by atoms with E-state index in [1.807, 2.05) is 31.2 Å². The van der Waals surface area contributed by atoms with Gasteiger partial charge in [0, 0.05) is 5.69 Å². The summed E-state index contributed by atoms with van der Waals surface area (Å²) in [6.07, 6.45) is 0. The van der Waals surface area contributed by atoms with Crippen molar-refractivity contribution < 1.29 is 4.84 Å². The van der Waals surface area contributed by atoms with Crippen molar-refractivity contribution in [2.24, 2.45) is 0 Å². The van der Waals surface area contributed by atoms with E-state index in [1.54, 1.807) is 0 Å². The summed E-state index contributed by atoms with van der Waals surface area (Å²) in [4.78, 5) is 4.65. The molecule has 0 fully saturated rings. The molecule has 1 rings (SSSR count). The van der Waals surface area contributed by atoms with Gasteiger partial charge in [0.05, 0.1) is 7.11 Å². The molecule has 0 aliphatic heterocycles. The van der Waals surface area contributed by atoms with Crippen LogP contribution < -0.4 is 10.8 Å². The average Bonchev–Trinajstić information content (AvgIpc) is 2.09. The number of aryl methyl sites for hydroxylation is 1. The Morgan fingerprint density at radius 3 is 2.46 bits per heavy atom. The zero-order chi connectivity index (χ0) is 9.68. The fourth-order valence-corrected chi connectivity index (χ4v) is 1.09. The van der Waals surface area contributed by atoms with Crippen LogP contribution in [0.3, 0.4) is 0 Å². The normalized spacial score (nSPS) is 9.38. The van der Waals surface area contributed by atoms with Crippen molar-refractivity contribution in [2.75, 3.05) is 12.4 Å². The van der Waals surface area contributed by atoms with Crippen LogP contribution in [0, 0.1) is 6.92 Å². The van der Waals surface area contributed by atoms with Crippen LogP contribution in [-0.2, 0) is 4.84 Å². The van der Waals surface area contributed by atoms with Gasteiger partial charge in [-0.25, -0.2) is 5.48 Å². The first-order valence-corrected chi connectivity index (χ1v) is 4.30. The number of nitrogens with one attached hydrogen (secondary N) is 2. The first-order valence-electron chi connectivity index (χ1n) is 3.89. The molecule has 0 bridgehead atoms. The highest BCUT2D eigenvalue weighted by atomic mass is 32.1. The molecule has 0 aliphatic carbocycles. The lowest BCUT2D eigenvalue weighted by Crippen LogP contribution is -2.27. The summed E-state index contributed by atoms with van der Waals surface area (Å²) < 4.78 is 0. The smallest absolute Gasteiger partial charge is 0.195 e. The number of anilines is 1. The molecule has 0 saturated heterocycles. The molecule has 2 N–H and O–H groups in total. The molecule has 1 aromatic carbocycles. The Kier molecular flexibility index (Phi) is 3.67. The second-order valence-electron chi connectivity index (χ2n) is 2.63. The third-order valence-corrected chi connectivity index (χ3v) is 1.69. The van der Waals surface area contributed by atoms with E-state index in [-0.39, 0.29) is 0 Å². The molecule has 4 heteroatoms. The van der Waals surface area contributed by atoms with Crippen LogP contribution in [0.1, 0.15) is 5.56 Å². The molecule has 1 aromatic rings. The van der Waals surface area contributed by atoms with Crippen molar-refractivity contribution >= 4 is 23.0 Å². The quantitative estimate of drug-likeness (QED) is 0.558. The Labute approximate surface area is 83.1 Å². The third kappa shape index (κ3) is 3.40. The molecular weight excluding hydrogens is 184 g/mol. The Morgan fingerprint density at radius 1 is 1.31 bits per heavy atom. The van der Waals surface area contributed by atoms with Gasteiger partial charge in [-0.2, -0.15) is 0 Å². The Hall–Kier alpha value is -1.13. The number of hydroxylamine groups is 1. The van der Waals surface area contributed by atoms with Crippen LogP contribution in [0.25, 0.3) is 0 Å². The van der Waals surface area contributed by atoms with Crippen LogP contribution >= 0.6 is 12.2 Å². The molecule has 0 aromatic heterocycles. The van der Waals surface area contributed by atoms with E-state index in [0.29, 0.717) is 5.11 Å². The number of benzene rings is 1. The fourth-order valence-electron chi connectivity index (χ4n) is 0.886. The maximum atomic E-state index is 4.92. The summed E-state index contributed by atoms with van der Waals surface area (Å²) >= 11 is 4.92. The van der Waals surface area contributed by atoms with E-state index in [1.165, 1.54) is 12.7 Å². The molecule has 13 heavy (non-hydrogen) atoms. The van der Waals surface area contributed by atoms with Gasteiger partial charge in [-0.3, -0.25) is 4.84 Å². The van der Waals surface area contributed by atoms with E-state index in [0.717, 1.165) is 5.69 Å². The van der Waals surface area contributed by atoms with Gasteiger partial charge in [0.25, 0.3) is 0 Å². The van der Waals surface area contributed by atoms with Crippen molar-refractivity contribution in [3.8, 4) is 0 Å². The SMILES string of the molecule is CONC(=S)Nc1ccc(C)cc1. The molecular formula is C9H12N2OS. The molecule has 0 aliphatic rings. The number of thiocarbonyl (C=S) groups is 1. The number of hydrogen-bond acceptors (Lipinski definition) is 2. The molecule has 0 radical (unpaired) electrons. The van der Waals surface area contributed by atoms with Crippen LogP contribution in [0.5, 0.6) is 0 Å². The van der Waals surface area contributed by atoms with Gasteiger partial charge in [-0.15, -0.1) is 0 Å². The summed E-state index contributed by atoms with van der Waals surface area (Å²) in [6, 6.07) is 7.94. The summed E-state index contributed by atoms with van der Waals surface area (Å²) in [5.41, 5.74) is 4.69. The van der Waals surface area contributed by atoms with Gasteiger partial charge in [-0.1, -0.05) is 17.7 Å². The van der Waals surface area contributed by atoms with Gasteiger partial charge in [-0.05, 0) is 31.3 Å². The first-order chi connectivity index (χ1) is 6.22. The van der Waals surface area contributed by atoms with Crippen molar-refractivity contribution in [3.63, 3.8) is 0 Å². The minimum absolute atomic E-state index is 0.450. The maximum absolute atomic E-state index is 4.92. The van der Waals surface area contributed by atoms with E-state index < -0.39 is 0 Å². The van der Waals surface area contributed by atoms with Gasteiger partial charge < -0.3 is 5.32 Å². The molecule has 0 saturated carbocycles. The van der Waals surface area contributed by atoms with E-state index in [9.17, 15) is 0 Å². The highest BCUT2D eigenvalue weighted by Gasteiger charge is 1.94. The molecule has 0 atom stereocenters. The maximum Gasteiger partial charge on any atom is 0.195 e. The van der Waals surface area contributed by atoms with Crippen molar-refractivity contribution in [1.82, 2.24) is 5.48 Å². The lowest BCUT2D eigenvalue weighted by Gasteiger charge is -2.07. The van der Waals surface area contributed by atoms with E-state index in [4.69, 9.17) is 12.2 Å². The molecule has 0 heterocycles. The molecule has 0 spiro atoms. The summed E-state index contributed by atoms with van der Waals surface area (Å²) in [5, 5.41) is 3.42. The fraction of sp³-hybridized carbons (Fsp3) is 0.222. The highest BCUT2D eigenvalue weighted by Crippen LogP contribution is 2.07. The van der Waals surface area contributed by atoms with Crippen LogP contribution in [0.4, 0.5) is 5.69 Å². The molecule has 3 nitrogen and oxygen atoms in total. The van der Waals surface area contributed by atoms with Crippen molar-refractivity contribution in [3.05, 3.63) is 29.8 Å². The van der Waals surface area contributed by atoms with Crippen LogP contribution in [-0.4, -0.2) is 12.2 Å². The zero-order valence-corrected chi connectivity index (χ0v) is 8.44. The second-order valence-corrected chi connectivity index (χ2v) is 3.03. The summed E-state index contributed by atoms with van der Waals surface area (Å²) in [5.74, 6) is 0. The predicted octanol–water partition coefficient (Wildman–Crippen LogP) is 1.84. The lowest BCUT2D eigenvalue weighted by atomic mass is 10.2. The third-order valence-electron chi connectivity index (χ3n) is 1.50. The number of rotatable bonds is 2. The van der Waals surface area contributed by atoms with Crippen LogP contribution in [0.2, 0.25) is 0 Å². The average molecular weight is 196 g/mol. The minimum Gasteiger partial charge on any atom is -0.331 e. The predicted molar refractivity (Wildman–Crippen MR) is 57.5 cm³/mol. The largest absolute Gasteiger partial charge is 0.331 e. The zero-order valence-electron chi connectivity index (χ0n) is 7.63. The molecule has 0 unspecified atom stereocenters. The minimum atomic E-state index is 0.450. The van der Waals surface area contributed by atoms with Gasteiger partial charge in [0.15, 0.2) is 5.11 Å². The van der Waals surface area contributed by atoms with E-state index in [2.05, 4.69) is 15.6 Å². The monoisotopic (exact) mass is 196 g/mol. The van der Waals surface area contributed by atoms with Crippen molar-refractivity contribution in [1.29, 1.82) is 0 Å². The van der Waals surface area contributed by atoms with Gasteiger partial charge >= 0.3 is 0 Å². The van der Waals surface area contributed by atoms with Crippen molar-refractivity contribution in [2.45, 2.75) is 6.92 Å². The molecule has 0 amide bonds. The second kappa shape index (κ2) is 4.79. The standard InChI is InChI=1S/C9H12N2OS/c1-7-3-5-8(6-4-7)10-9(13)11-12-2/h3-6H,1-2H3,(H2,10,11,13). The highest BCUT2D eigenvalue weighted by molar-refractivity contribution is 7.80. The Morgan fingerprint density at radius 2 is 1.92 bits per heavy atom. The van der Waals surface area contributed by atoms with Gasteiger partial charge in [0.2, 0.25) is 0 Å². The topological polar surface area (TPSA) is 33.3 Å². The molecule has 70 valence electrons. The summed E-state index contributed by atoms with van der Waals surface area (Å²) in [7, 11) is 1.52. The lowest BCUT2D eigenvalue weighted by molar-refractivity contribution is 0.146. The van der Waals surface area contributed by atoms with Gasteiger partial charge in [0.1, 0.15) is 0 Å². The summed E-state index contributed by atoms with van der Waals surface area (Å²) in [6.45, 7) is 2.04.